The summed E-state index contributed by atoms with van der Waals surface area (Å²) in [4.78, 5) is 6.91. The summed E-state index contributed by atoms with van der Waals surface area (Å²) < 4.78 is 5.34. The van der Waals surface area contributed by atoms with E-state index in [1.165, 1.54) is 38.6 Å². The number of nitrogens with zero attached hydrogens (tertiary/aromatic N) is 2. The van der Waals surface area contributed by atoms with Gasteiger partial charge in [-0.2, -0.15) is 0 Å². The van der Waals surface area contributed by atoms with Crippen LogP contribution in [0.4, 0.5) is 0 Å². The molecule has 6 heteroatoms. The van der Waals surface area contributed by atoms with Gasteiger partial charge in [-0.15, -0.1) is 24.0 Å². The molecule has 0 aromatic carbocycles. The maximum absolute atomic E-state index is 5.34. The van der Waals surface area contributed by atoms with E-state index in [1.54, 1.807) is 0 Å². The molecular formula is C18H41IN4O. The minimum Gasteiger partial charge on any atom is -0.382 e. The summed E-state index contributed by atoms with van der Waals surface area (Å²) >= 11 is 0. The van der Waals surface area contributed by atoms with Crippen molar-refractivity contribution in [3.05, 3.63) is 0 Å². The molecule has 0 atom stereocenters. The lowest BCUT2D eigenvalue weighted by atomic mass is 10.1. The van der Waals surface area contributed by atoms with Crippen LogP contribution >= 0.6 is 24.0 Å². The molecule has 0 spiro atoms. The second-order valence-electron chi connectivity index (χ2n) is 6.16. The number of rotatable bonds is 15. The van der Waals surface area contributed by atoms with Gasteiger partial charge < -0.3 is 20.3 Å². The van der Waals surface area contributed by atoms with Gasteiger partial charge in [0, 0.05) is 32.8 Å². The summed E-state index contributed by atoms with van der Waals surface area (Å²) in [5, 5.41) is 6.71. The fraction of sp³-hybridized carbons (Fsp3) is 0.944. The minimum absolute atomic E-state index is 0. The fourth-order valence-corrected chi connectivity index (χ4v) is 2.28. The Hall–Kier alpha value is -0.0800. The zero-order chi connectivity index (χ0) is 17.2. The van der Waals surface area contributed by atoms with Crippen LogP contribution in [0, 0.1) is 0 Å². The number of nitrogens with one attached hydrogen (secondary N) is 2. The topological polar surface area (TPSA) is 48.9 Å². The van der Waals surface area contributed by atoms with Gasteiger partial charge in [0.25, 0.3) is 0 Å². The van der Waals surface area contributed by atoms with Crippen LogP contribution in [0.2, 0.25) is 0 Å². The first-order valence-electron chi connectivity index (χ1n) is 9.45. The van der Waals surface area contributed by atoms with Crippen molar-refractivity contribution in [2.75, 3.05) is 53.5 Å². The van der Waals surface area contributed by atoms with E-state index < -0.39 is 0 Å². The number of aliphatic imine (C=N–C) groups is 1. The SMILES string of the molecule is CCNC(=NCCCCCCCN(C)C)NCCCCOCC.I. The number of ether oxygens (including phenoxy) is 1. The average Bonchev–Trinajstić information content (AvgIpc) is 2.52. The Balaban J connectivity index is 0. The Morgan fingerprint density at radius 1 is 0.917 bits per heavy atom. The number of guanidine groups is 1. The number of hydrogen-bond donors (Lipinski definition) is 2. The number of halogens is 1. The maximum Gasteiger partial charge on any atom is 0.191 e. The van der Waals surface area contributed by atoms with Crippen LogP contribution in [0.5, 0.6) is 0 Å². The van der Waals surface area contributed by atoms with Crippen molar-refractivity contribution in [1.82, 2.24) is 15.5 Å². The molecule has 0 radical (unpaired) electrons. The molecule has 5 nitrogen and oxygen atoms in total. The monoisotopic (exact) mass is 456 g/mol. The second kappa shape index (κ2) is 21.0. The van der Waals surface area contributed by atoms with Crippen LogP contribution in [0.15, 0.2) is 4.99 Å². The van der Waals surface area contributed by atoms with Crippen molar-refractivity contribution < 1.29 is 4.74 Å². The lowest BCUT2D eigenvalue weighted by Crippen LogP contribution is -2.37. The van der Waals surface area contributed by atoms with E-state index in [4.69, 9.17) is 4.74 Å². The van der Waals surface area contributed by atoms with E-state index in [2.05, 4.69) is 41.5 Å². The molecule has 0 aromatic rings. The quantitative estimate of drug-likeness (QED) is 0.172. The van der Waals surface area contributed by atoms with Crippen molar-refractivity contribution in [2.45, 2.75) is 58.8 Å². The average molecular weight is 456 g/mol. The van der Waals surface area contributed by atoms with Crippen LogP contribution in [0.3, 0.4) is 0 Å². The molecule has 146 valence electrons. The second-order valence-corrected chi connectivity index (χ2v) is 6.16. The number of hydrogen-bond acceptors (Lipinski definition) is 3. The Morgan fingerprint density at radius 3 is 2.29 bits per heavy atom. The molecule has 0 saturated heterocycles. The zero-order valence-electron chi connectivity index (χ0n) is 16.4. The van der Waals surface area contributed by atoms with Crippen LogP contribution in [-0.4, -0.2) is 64.3 Å². The third-order valence-electron chi connectivity index (χ3n) is 3.59. The molecule has 0 rings (SSSR count). The van der Waals surface area contributed by atoms with Gasteiger partial charge in [-0.1, -0.05) is 19.3 Å². The van der Waals surface area contributed by atoms with E-state index in [0.717, 1.165) is 51.6 Å². The summed E-state index contributed by atoms with van der Waals surface area (Å²) in [6.45, 7) is 9.82. The fourth-order valence-electron chi connectivity index (χ4n) is 2.28. The van der Waals surface area contributed by atoms with E-state index in [-0.39, 0.29) is 24.0 Å². The van der Waals surface area contributed by atoms with Crippen LogP contribution in [0.1, 0.15) is 58.8 Å². The van der Waals surface area contributed by atoms with E-state index >= 15 is 0 Å². The minimum atomic E-state index is 0. The highest BCUT2D eigenvalue weighted by molar-refractivity contribution is 14.0. The van der Waals surface area contributed by atoms with Crippen molar-refractivity contribution >= 4 is 29.9 Å². The molecule has 2 N–H and O–H groups in total. The summed E-state index contributed by atoms with van der Waals surface area (Å²) in [6.07, 6.45) is 8.66. The van der Waals surface area contributed by atoms with Crippen LogP contribution in [-0.2, 0) is 4.74 Å². The third-order valence-corrected chi connectivity index (χ3v) is 3.59. The molecular weight excluding hydrogens is 415 g/mol. The van der Waals surface area contributed by atoms with Gasteiger partial charge in [0.1, 0.15) is 0 Å². The molecule has 0 bridgehead atoms. The van der Waals surface area contributed by atoms with Crippen molar-refractivity contribution in [3.63, 3.8) is 0 Å². The van der Waals surface area contributed by atoms with Crippen molar-refractivity contribution in [3.8, 4) is 0 Å². The molecule has 0 saturated carbocycles. The molecule has 0 heterocycles. The van der Waals surface area contributed by atoms with Gasteiger partial charge in [-0.25, -0.2) is 0 Å². The Bertz CT molecular complexity index is 276. The van der Waals surface area contributed by atoms with Crippen molar-refractivity contribution in [1.29, 1.82) is 0 Å². The van der Waals surface area contributed by atoms with Gasteiger partial charge in [0.05, 0.1) is 0 Å². The predicted molar refractivity (Wildman–Crippen MR) is 117 cm³/mol. The highest BCUT2D eigenvalue weighted by Crippen LogP contribution is 2.03. The molecule has 0 aliphatic carbocycles. The van der Waals surface area contributed by atoms with Gasteiger partial charge in [0.2, 0.25) is 0 Å². The predicted octanol–water partition coefficient (Wildman–Crippen LogP) is 3.49. The molecule has 0 aliphatic rings. The summed E-state index contributed by atoms with van der Waals surface area (Å²) in [5.41, 5.74) is 0. The maximum atomic E-state index is 5.34. The lowest BCUT2D eigenvalue weighted by Gasteiger charge is -2.11. The molecule has 0 unspecified atom stereocenters. The van der Waals surface area contributed by atoms with Gasteiger partial charge in [-0.05, 0) is 60.2 Å². The summed E-state index contributed by atoms with van der Waals surface area (Å²) in [6, 6.07) is 0. The Kier molecular flexibility index (Phi) is 22.8. The Labute approximate surface area is 167 Å². The van der Waals surface area contributed by atoms with Gasteiger partial charge >= 0.3 is 0 Å². The highest BCUT2D eigenvalue weighted by atomic mass is 127. The van der Waals surface area contributed by atoms with E-state index in [1.807, 2.05) is 6.92 Å². The number of unbranched alkanes of at least 4 members (excludes halogenated alkanes) is 5. The molecule has 0 aromatic heterocycles. The summed E-state index contributed by atoms with van der Waals surface area (Å²) in [7, 11) is 4.28. The highest BCUT2D eigenvalue weighted by Gasteiger charge is 1.97. The first-order valence-corrected chi connectivity index (χ1v) is 9.45. The normalized spacial score (nSPS) is 11.5. The summed E-state index contributed by atoms with van der Waals surface area (Å²) in [5.74, 6) is 0.955. The largest absolute Gasteiger partial charge is 0.382 e. The molecule has 0 amide bonds. The zero-order valence-corrected chi connectivity index (χ0v) is 18.7. The van der Waals surface area contributed by atoms with E-state index in [0.29, 0.717) is 0 Å². The van der Waals surface area contributed by atoms with Gasteiger partial charge in [0.15, 0.2) is 5.96 Å². The van der Waals surface area contributed by atoms with Crippen LogP contribution in [0.25, 0.3) is 0 Å². The Morgan fingerprint density at radius 2 is 1.62 bits per heavy atom. The van der Waals surface area contributed by atoms with Crippen molar-refractivity contribution in [2.24, 2.45) is 4.99 Å². The molecule has 24 heavy (non-hydrogen) atoms. The first-order chi connectivity index (χ1) is 11.2. The first kappa shape index (κ1) is 26.2. The van der Waals surface area contributed by atoms with E-state index in [9.17, 15) is 0 Å². The smallest absolute Gasteiger partial charge is 0.191 e. The molecule has 0 fully saturated rings. The lowest BCUT2D eigenvalue weighted by molar-refractivity contribution is 0.143. The van der Waals surface area contributed by atoms with Gasteiger partial charge in [-0.3, -0.25) is 4.99 Å². The van der Waals surface area contributed by atoms with Crippen LogP contribution < -0.4 is 10.6 Å². The molecule has 0 aliphatic heterocycles. The third kappa shape index (κ3) is 20.0. The standard InChI is InChI=1S/C18H40N4O.HI/c1-5-19-18(21-15-11-13-17-23-6-2)20-14-10-8-7-9-12-16-22(3)4;/h5-17H2,1-4H3,(H2,19,20,21);1H.